The van der Waals surface area contributed by atoms with E-state index in [1.165, 1.54) is 7.11 Å². The number of aryl methyl sites for hydroxylation is 1. The molecule has 1 atom stereocenters. The highest BCUT2D eigenvalue weighted by atomic mass is 16.6. The third-order valence-corrected chi connectivity index (χ3v) is 5.21. The van der Waals surface area contributed by atoms with Crippen molar-refractivity contribution in [1.29, 1.82) is 0 Å². The molecule has 1 aliphatic rings. The highest BCUT2D eigenvalue weighted by Gasteiger charge is 2.25. The van der Waals surface area contributed by atoms with Gasteiger partial charge in [-0.25, -0.2) is 0 Å². The minimum absolute atomic E-state index is 0.0971. The first-order valence-corrected chi connectivity index (χ1v) is 9.83. The fourth-order valence-corrected chi connectivity index (χ4v) is 3.68. The number of ether oxygens (including phenoxy) is 3. The van der Waals surface area contributed by atoms with Gasteiger partial charge in [0.2, 0.25) is 0 Å². The van der Waals surface area contributed by atoms with Gasteiger partial charge in [-0.15, -0.1) is 0 Å². The molecule has 0 spiro atoms. The molecule has 7 nitrogen and oxygen atoms in total. The van der Waals surface area contributed by atoms with Gasteiger partial charge in [-0.2, -0.15) is 0 Å². The van der Waals surface area contributed by atoms with Crippen LogP contribution >= 0.6 is 0 Å². The van der Waals surface area contributed by atoms with Crippen LogP contribution in [0.25, 0.3) is 5.69 Å². The summed E-state index contributed by atoms with van der Waals surface area (Å²) in [6, 6.07) is 7.67. The largest absolute Gasteiger partial charge is 0.486 e. The van der Waals surface area contributed by atoms with E-state index in [1.54, 1.807) is 11.8 Å². The second-order valence-corrected chi connectivity index (χ2v) is 7.22. The predicted octanol–water partition coefficient (Wildman–Crippen LogP) is 3.14. The molecule has 0 aliphatic carbocycles. The van der Waals surface area contributed by atoms with E-state index in [9.17, 15) is 9.59 Å². The van der Waals surface area contributed by atoms with E-state index < -0.39 is 0 Å². The third-order valence-electron chi connectivity index (χ3n) is 5.21. The molecule has 1 aliphatic heterocycles. The van der Waals surface area contributed by atoms with Gasteiger partial charge in [0.05, 0.1) is 18.6 Å². The lowest BCUT2D eigenvalue weighted by molar-refractivity contribution is -0.145. The van der Waals surface area contributed by atoms with Crippen LogP contribution < -0.4 is 9.47 Å². The number of rotatable bonds is 6. The second kappa shape index (κ2) is 8.59. The highest BCUT2D eigenvalue weighted by Crippen LogP contribution is 2.33. The van der Waals surface area contributed by atoms with E-state index in [1.807, 2.05) is 49.6 Å². The monoisotopic (exact) mass is 400 g/mol. The van der Waals surface area contributed by atoms with Gasteiger partial charge in [0.1, 0.15) is 13.2 Å². The van der Waals surface area contributed by atoms with E-state index >= 15 is 0 Å². The van der Waals surface area contributed by atoms with Crippen LogP contribution in [0.5, 0.6) is 11.5 Å². The Morgan fingerprint density at radius 3 is 2.52 bits per heavy atom. The van der Waals surface area contributed by atoms with Crippen LogP contribution in [0.15, 0.2) is 24.3 Å². The number of esters is 1. The summed E-state index contributed by atoms with van der Waals surface area (Å²) in [6.45, 7) is 9.45. The van der Waals surface area contributed by atoms with Crippen molar-refractivity contribution in [2.45, 2.75) is 27.7 Å². The topological polar surface area (TPSA) is 70.0 Å². The summed E-state index contributed by atoms with van der Waals surface area (Å²) in [5, 5.41) is 0. The maximum absolute atomic E-state index is 13.2. The van der Waals surface area contributed by atoms with Crippen molar-refractivity contribution in [3.05, 3.63) is 41.2 Å². The number of fused-ring (bicyclic) bond motifs is 1. The smallest absolute Gasteiger partial charge is 0.310 e. The normalized spacial score (nSPS) is 13.7. The number of hydrogen-bond donors (Lipinski definition) is 0. The lowest BCUT2D eigenvalue weighted by Gasteiger charge is -2.23. The van der Waals surface area contributed by atoms with Gasteiger partial charge in [-0.3, -0.25) is 9.59 Å². The van der Waals surface area contributed by atoms with Crippen molar-refractivity contribution in [2.24, 2.45) is 5.92 Å². The molecule has 3 rings (SSSR count). The zero-order valence-corrected chi connectivity index (χ0v) is 17.7. The van der Waals surface area contributed by atoms with Crippen LogP contribution in [0.1, 0.15) is 35.6 Å². The maximum Gasteiger partial charge on any atom is 0.310 e. The fraction of sp³-hybridized carbons (Fsp3) is 0.455. The third kappa shape index (κ3) is 4.09. The Morgan fingerprint density at radius 2 is 1.86 bits per heavy atom. The minimum Gasteiger partial charge on any atom is -0.486 e. The molecule has 29 heavy (non-hydrogen) atoms. The van der Waals surface area contributed by atoms with Crippen molar-refractivity contribution >= 4 is 11.9 Å². The molecule has 1 aromatic carbocycles. The maximum atomic E-state index is 13.2. The van der Waals surface area contributed by atoms with Gasteiger partial charge < -0.3 is 23.7 Å². The molecule has 0 bridgehead atoms. The van der Waals surface area contributed by atoms with E-state index in [0.29, 0.717) is 37.6 Å². The molecule has 1 unspecified atom stereocenters. The molecule has 0 saturated carbocycles. The van der Waals surface area contributed by atoms with Crippen LogP contribution in [0.2, 0.25) is 0 Å². The van der Waals surface area contributed by atoms with E-state index in [2.05, 4.69) is 0 Å². The van der Waals surface area contributed by atoms with Gasteiger partial charge in [0, 0.05) is 36.2 Å². The summed E-state index contributed by atoms with van der Waals surface area (Å²) in [5.41, 5.74) is 3.32. The summed E-state index contributed by atoms with van der Waals surface area (Å²) in [5.74, 6) is 0.632. The zero-order valence-electron chi connectivity index (χ0n) is 17.7. The minimum atomic E-state index is -0.384. The summed E-state index contributed by atoms with van der Waals surface area (Å²) in [6.07, 6.45) is 0. The lowest BCUT2D eigenvalue weighted by atomic mass is 10.1. The van der Waals surface area contributed by atoms with Crippen molar-refractivity contribution in [3.63, 3.8) is 0 Å². The molecule has 2 heterocycles. The highest BCUT2D eigenvalue weighted by molar-refractivity contribution is 5.96. The average molecular weight is 400 g/mol. The quantitative estimate of drug-likeness (QED) is 0.697. The number of nitrogens with zero attached hydrogens (tertiary/aromatic N) is 2. The Balaban J connectivity index is 1.90. The Kier molecular flexibility index (Phi) is 6.15. The fourth-order valence-electron chi connectivity index (χ4n) is 3.68. The Hall–Kier alpha value is -2.96. The molecule has 0 fully saturated rings. The van der Waals surface area contributed by atoms with Crippen LogP contribution in [-0.2, 0) is 9.53 Å². The first-order valence-electron chi connectivity index (χ1n) is 9.83. The number of benzene rings is 1. The Morgan fingerprint density at radius 1 is 1.17 bits per heavy atom. The molecule has 0 N–H and O–H groups in total. The van der Waals surface area contributed by atoms with Gasteiger partial charge in [0.15, 0.2) is 11.5 Å². The Labute approximate surface area is 171 Å². The molecule has 156 valence electrons. The number of carbonyl (C=O) groups is 2. The van der Waals surface area contributed by atoms with E-state index in [0.717, 1.165) is 22.8 Å². The van der Waals surface area contributed by atoms with Crippen molar-refractivity contribution in [2.75, 3.05) is 33.4 Å². The van der Waals surface area contributed by atoms with Gasteiger partial charge >= 0.3 is 5.97 Å². The summed E-state index contributed by atoms with van der Waals surface area (Å²) in [4.78, 5) is 26.6. The molecule has 0 radical (unpaired) electrons. The van der Waals surface area contributed by atoms with Crippen molar-refractivity contribution < 1.29 is 23.8 Å². The number of carbonyl (C=O) groups excluding carboxylic acids is 2. The molecule has 2 aromatic rings. The van der Waals surface area contributed by atoms with Crippen LogP contribution in [0, 0.1) is 19.8 Å². The van der Waals surface area contributed by atoms with Crippen molar-refractivity contribution in [3.8, 4) is 17.2 Å². The average Bonchev–Trinajstić information content (AvgIpc) is 3.04. The molecule has 1 amide bonds. The standard InChI is InChI=1S/C22H28N2O5/c1-6-23(13-14(2)22(26)27-5)21(25)18-11-15(3)24(16(18)4)17-7-8-19-20(12-17)29-10-9-28-19/h7-8,11-12,14H,6,9-10,13H2,1-5H3. The summed E-state index contributed by atoms with van der Waals surface area (Å²) in [7, 11) is 1.36. The second-order valence-electron chi connectivity index (χ2n) is 7.22. The molecular weight excluding hydrogens is 372 g/mol. The predicted molar refractivity (Wildman–Crippen MR) is 109 cm³/mol. The van der Waals surface area contributed by atoms with Crippen LogP contribution in [0.4, 0.5) is 0 Å². The summed E-state index contributed by atoms with van der Waals surface area (Å²) < 4.78 is 18.1. The molecule has 7 heteroatoms. The zero-order chi connectivity index (χ0) is 21.1. The first kappa shape index (κ1) is 20.8. The number of amides is 1. The van der Waals surface area contributed by atoms with Gasteiger partial charge in [-0.05, 0) is 39.0 Å². The SMILES string of the molecule is CCN(CC(C)C(=O)OC)C(=O)c1cc(C)n(-c2ccc3c(c2)OCCO3)c1C. The van der Waals surface area contributed by atoms with Gasteiger partial charge in [-0.1, -0.05) is 6.92 Å². The van der Waals surface area contributed by atoms with Crippen molar-refractivity contribution in [1.82, 2.24) is 9.47 Å². The lowest BCUT2D eigenvalue weighted by Crippen LogP contribution is -2.37. The Bertz CT molecular complexity index is 918. The van der Waals surface area contributed by atoms with E-state index in [4.69, 9.17) is 14.2 Å². The number of hydrogen-bond acceptors (Lipinski definition) is 5. The number of methoxy groups -OCH3 is 1. The molecule has 0 saturated heterocycles. The van der Waals surface area contributed by atoms with Crippen LogP contribution in [-0.4, -0.2) is 54.8 Å². The van der Waals surface area contributed by atoms with Gasteiger partial charge in [0.25, 0.3) is 5.91 Å². The number of aromatic nitrogens is 1. The molecular formula is C22H28N2O5. The van der Waals surface area contributed by atoms with E-state index in [-0.39, 0.29) is 17.8 Å². The molecule has 1 aromatic heterocycles. The first-order chi connectivity index (χ1) is 13.9. The summed E-state index contributed by atoms with van der Waals surface area (Å²) >= 11 is 0. The van der Waals surface area contributed by atoms with Crippen LogP contribution in [0.3, 0.4) is 0 Å².